The highest BCUT2D eigenvalue weighted by Gasteiger charge is 2.27. The number of imidazole rings is 1. The van der Waals surface area contributed by atoms with Gasteiger partial charge in [0, 0.05) is 37.1 Å². The molecular weight excluding hydrogens is 358 g/mol. The quantitative estimate of drug-likeness (QED) is 0.676. The second-order valence-corrected chi connectivity index (χ2v) is 8.20. The van der Waals surface area contributed by atoms with Crippen LogP contribution in [0.15, 0.2) is 23.7 Å². The summed E-state index contributed by atoms with van der Waals surface area (Å²) < 4.78 is 2.32. The Balaban J connectivity index is 1.47. The Morgan fingerprint density at radius 2 is 2.11 bits per heavy atom. The van der Waals surface area contributed by atoms with E-state index in [1.165, 1.54) is 0 Å². The predicted molar refractivity (Wildman–Crippen MR) is 107 cm³/mol. The Labute approximate surface area is 163 Å². The van der Waals surface area contributed by atoms with Gasteiger partial charge >= 0.3 is 0 Å². The van der Waals surface area contributed by atoms with E-state index in [1.54, 1.807) is 11.3 Å². The number of likely N-dealkylation sites (tertiary alicyclic amines) is 1. The number of nitrogens with zero attached hydrogens (tertiary/aromatic N) is 5. The van der Waals surface area contributed by atoms with Gasteiger partial charge in [0.05, 0.1) is 17.1 Å². The minimum Gasteiger partial charge on any atom is -0.342 e. The second-order valence-electron chi connectivity index (χ2n) is 7.14. The van der Waals surface area contributed by atoms with E-state index >= 15 is 0 Å². The fourth-order valence-electron chi connectivity index (χ4n) is 3.89. The van der Waals surface area contributed by atoms with Gasteiger partial charge in [-0.25, -0.2) is 15.0 Å². The number of thiazole rings is 1. The summed E-state index contributed by atoms with van der Waals surface area (Å²) in [5.74, 6) is 1.30. The molecule has 6 nitrogen and oxygen atoms in total. The van der Waals surface area contributed by atoms with Crippen molar-refractivity contribution in [2.75, 3.05) is 13.1 Å². The summed E-state index contributed by atoms with van der Waals surface area (Å²) in [6, 6.07) is 4.33. The lowest BCUT2D eigenvalue weighted by Gasteiger charge is -2.33. The molecule has 7 heteroatoms. The second kappa shape index (κ2) is 7.76. The van der Waals surface area contributed by atoms with Crippen molar-refractivity contribution in [3.05, 3.63) is 40.2 Å². The van der Waals surface area contributed by atoms with Crippen molar-refractivity contribution in [1.29, 1.82) is 0 Å². The Morgan fingerprint density at radius 3 is 2.81 bits per heavy atom. The van der Waals surface area contributed by atoms with Crippen LogP contribution in [-0.4, -0.2) is 43.4 Å². The number of pyridine rings is 1. The van der Waals surface area contributed by atoms with E-state index in [9.17, 15) is 4.79 Å². The Hall–Kier alpha value is -2.28. The first-order valence-electron chi connectivity index (χ1n) is 9.66. The number of aromatic nitrogens is 4. The van der Waals surface area contributed by atoms with Crippen molar-refractivity contribution in [2.24, 2.45) is 0 Å². The molecule has 1 aliphatic rings. The van der Waals surface area contributed by atoms with Gasteiger partial charge in [0.15, 0.2) is 5.65 Å². The first-order chi connectivity index (χ1) is 13.2. The van der Waals surface area contributed by atoms with Gasteiger partial charge in [-0.2, -0.15) is 0 Å². The van der Waals surface area contributed by atoms with Gasteiger partial charge in [-0.1, -0.05) is 6.92 Å². The first-order valence-corrected chi connectivity index (χ1v) is 10.5. The minimum absolute atomic E-state index is 0.182. The molecule has 1 saturated heterocycles. The maximum atomic E-state index is 12.6. The maximum absolute atomic E-state index is 12.6. The van der Waals surface area contributed by atoms with Crippen molar-refractivity contribution in [1.82, 2.24) is 24.4 Å². The molecule has 1 aliphatic heterocycles. The van der Waals surface area contributed by atoms with E-state index in [1.807, 2.05) is 35.5 Å². The molecule has 0 aliphatic carbocycles. The SMILES string of the molecule is CCCc1nc2cccnc2n1C1CCN(C(=O)Cc2csc(C)n2)CC1. The number of carbonyl (C=O) groups is 1. The lowest BCUT2D eigenvalue weighted by molar-refractivity contribution is -0.131. The summed E-state index contributed by atoms with van der Waals surface area (Å²) in [6.45, 7) is 5.72. The van der Waals surface area contributed by atoms with Crippen LogP contribution in [0.4, 0.5) is 0 Å². The van der Waals surface area contributed by atoms with Gasteiger partial charge in [-0.05, 0) is 38.3 Å². The molecule has 3 aromatic rings. The largest absolute Gasteiger partial charge is 0.342 e. The van der Waals surface area contributed by atoms with Gasteiger partial charge in [-0.3, -0.25) is 4.79 Å². The summed E-state index contributed by atoms with van der Waals surface area (Å²) in [5, 5.41) is 3.00. The molecule has 0 unspecified atom stereocenters. The van der Waals surface area contributed by atoms with Crippen LogP contribution in [0.3, 0.4) is 0 Å². The molecule has 4 rings (SSSR count). The maximum Gasteiger partial charge on any atom is 0.228 e. The first kappa shape index (κ1) is 18.1. The average Bonchev–Trinajstić information content (AvgIpc) is 3.25. The van der Waals surface area contributed by atoms with Gasteiger partial charge in [-0.15, -0.1) is 11.3 Å². The molecule has 1 amide bonds. The number of amides is 1. The highest BCUT2D eigenvalue weighted by molar-refractivity contribution is 7.09. The molecule has 142 valence electrons. The number of hydrogen-bond donors (Lipinski definition) is 0. The van der Waals surface area contributed by atoms with Crippen molar-refractivity contribution in [3.8, 4) is 0 Å². The normalized spacial score (nSPS) is 15.6. The van der Waals surface area contributed by atoms with Crippen LogP contribution >= 0.6 is 11.3 Å². The number of fused-ring (bicyclic) bond motifs is 1. The number of aryl methyl sites for hydroxylation is 2. The Morgan fingerprint density at radius 1 is 1.30 bits per heavy atom. The van der Waals surface area contributed by atoms with Gasteiger partial charge in [0.25, 0.3) is 0 Å². The lowest BCUT2D eigenvalue weighted by atomic mass is 10.0. The number of rotatable bonds is 5. The van der Waals surface area contributed by atoms with Gasteiger partial charge < -0.3 is 9.47 Å². The van der Waals surface area contributed by atoms with Crippen LogP contribution in [0.2, 0.25) is 0 Å². The van der Waals surface area contributed by atoms with E-state index in [0.29, 0.717) is 12.5 Å². The summed E-state index contributed by atoms with van der Waals surface area (Å²) in [6.07, 6.45) is 6.16. The molecule has 0 atom stereocenters. The highest BCUT2D eigenvalue weighted by atomic mass is 32.1. The smallest absolute Gasteiger partial charge is 0.228 e. The van der Waals surface area contributed by atoms with E-state index in [2.05, 4.69) is 21.5 Å². The van der Waals surface area contributed by atoms with E-state index < -0.39 is 0 Å². The van der Waals surface area contributed by atoms with Crippen LogP contribution in [0.25, 0.3) is 11.2 Å². The van der Waals surface area contributed by atoms with E-state index in [0.717, 1.165) is 66.5 Å². The number of carbonyl (C=O) groups excluding carboxylic acids is 1. The summed E-state index contributed by atoms with van der Waals surface area (Å²) in [4.78, 5) is 28.4. The standard InChI is InChI=1S/C20H25N5OS/c1-3-5-18-23-17-6-4-9-21-20(17)25(18)16-7-10-24(11-8-16)19(26)12-15-13-27-14(2)22-15/h4,6,9,13,16H,3,5,7-8,10-12H2,1-2H3. The molecule has 3 aromatic heterocycles. The molecule has 27 heavy (non-hydrogen) atoms. The summed E-state index contributed by atoms with van der Waals surface area (Å²) in [7, 11) is 0. The van der Waals surface area contributed by atoms with Crippen LogP contribution in [0.5, 0.6) is 0 Å². The zero-order chi connectivity index (χ0) is 18.8. The zero-order valence-electron chi connectivity index (χ0n) is 15.9. The topological polar surface area (TPSA) is 63.9 Å². The molecule has 0 N–H and O–H groups in total. The molecular formula is C20H25N5OS. The summed E-state index contributed by atoms with van der Waals surface area (Å²) >= 11 is 1.60. The fourth-order valence-corrected chi connectivity index (χ4v) is 4.50. The molecule has 4 heterocycles. The van der Waals surface area contributed by atoms with Gasteiger partial charge in [0.2, 0.25) is 5.91 Å². The van der Waals surface area contributed by atoms with Crippen molar-refractivity contribution < 1.29 is 4.79 Å². The fraction of sp³-hybridized carbons (Fsp3) is 0.500. The molecule has 0 aromatic carbocycles. The molecule has 0 radical (unpaired) electrons. The molecule has 1 fully saturated rings. The van der Waals surface area contributed by atoms with E-state index in [-0.39, 0.29) is 5.91 Å². The number of piperidine rings is 1. The van der Waals surface area contributed by atoms with Crippen LogP contribution in [-0.2, 0) is 17.6 Å². The average molecular weight is 384 g/mol. The van der Waals surface area contributed by atoms with E-state index in [4.69, 9.17) is 4.98 Å². The number of hydrogen-bond acceptors (Lipinski definition) is 5. The van der Waals surface area contributed by atoms with Crippen molar-refractivity contribution >= 4 is 28.4 Å². The molecule has 0 saturated carbocycles. The predicted octanol–water partition coefficient (Wildman–Crippen LogP) is 3.55. The third-order valence-corrected chi connectivity index (χ3v) is 6.00. The Kier molecular flexibility index (Phi) is 5.20. The molecule has 0 spiro atoms. The summed E-state index contributed by atoms with van der Waals surface area (Å²) in [5.41, 5.74) is 2.83. The van der Waals surface area contributed by atoms with Crippen LogP contribution in [0, 0.1) is 6.92 Å². The third-order valence-electron chi connectivity index (χ3n) is 5.18. The zero-order valence-corrected chi connectivity index (χ0v) is 16.7. The highest BCUT2D eigenvalue weighted by Crippen LogP contribution is 2.28. The van der Waals surface area contributed by atoms with Crippen LogP contribution in [0.1, 0.15) is 48.8 Å². The van der Waals surface area contributed by atoms with Crippen molar-refractivity contribution in [3.63, 3.8) is 0 Å². The lowest BCUT2D eigenvalue weighted by Crippen LogP contribution is -2.40. The third kappa shape index (κ3) is 3.74. The van der Waals surface area contributed by atoms with Crippen molar-refractivity contribution in [2.45, 2.75) is 52.0 Å². The molecule has 0 bridgehead atoms. The Bertz CT molecular complexity index is 939. The monoisotopic (exact) mass is 383 g/mol. The van der Waals surface area contributed by atoms with Crippen LogP contribution < -0.4 is 0 Å². The van der Waals surface area contributed by atoms with Gasteiger partial charge in [0.1, 0.15) is 11.3 Å². The minimum atomic E-state index is 0.182.